The average molecular weight is 1540 g/mol. The summed E-state index contributed by atoms with van der Waals surface area (Å²) in [6.07, 6.45) is 7.29. The number of aromatic nitrogens is 8. The number of aromatic amines is 1. The molecule has 0 saturated carbocycles. The van der Waals surface area contributed by atoms with Gasteiger partial charge in [-0.2, -0.15) is 0 Å². The topological polar surface area (TPSA) is 240 Å². The molecule has 548 valence electrons. The van der Waals surface area contributed by atoms with Crippen LogP contribution in [0.4, 0.5) is 66.9 Å². The van der Waals surface area contributed by atoms with Crippen molar-refractivity contribution in [3.63, 3.8) is 0 Å². The summed E-state index contributed by atoms with van der Waals surface area (Å²) in [4.78, 5) is 81.4. The zero-order valence-corrected chi connectivity index (χ0v) is 58.4. The van der Waals surface area contributed by atoms with E-state index in [0.29, 0.717) is 84.1 Å². The molecule has 0 bridgehead atoms. The van der Waals surface area contributed by atoms with E-state index in [1.165, 1.54) is 120 Å². The van der Waals surface area contributed by atoms with E-state index < -0.39 is 63.2 Å². The van der Waals surface area contributed by atoms with Gasteiger partial charge in [0.15, 0.2) is 6.29 Å². The van der Waals surface area contributed by atoms with Crippen LogP contribution in [0.15, 0.2) is 258 Å². The number of benzene rings is 7. The number of pyridine rings is 8. The van der Waals surface area contributed by atoms with Crippen LogP contribution in [0, 0.1) is 58.2 Å². The smallest absolute Gasteiger partial charge is 0.263 e. The molecule has 0 unspecified atom stereocenters. The Hall–Kier alpha value is -13.2. The fourth-order valence-corrected chi connectivity index (χ4v) is 11.1. The lowest BCUT2D eigenvalue weighted by molar-refractivity contribution is -0.116. The first-order valence-corrected chi connectivity index (χ1v) is 33.0. The number of H-pyrrole nitrogens is 1. The fraction of sp³-hybridized carbons (Fsp3) is 0.0250. The van der Waals surface area contributed by atoms with Crippen molar-refractivity contribution >= 4 is 103 Å². The summed E-state index contributed by atoms with van der Waals surface area (Å²) in [6, 6.07) is 50.4. The van der Waals surface area contributed by atoms with E-state index in [1.54, 1.807) is 78.9 Å². The van der Waals surface area contributed by atoms with Crippen molar-refractivity contribution in [2.75, 3.05) is 16.8 Å². The highest BCUT2D eigenvalue weighted by molar-refractivity contribution is 6.30. The molecule has 0 aliphatic heterocycles. The first-order valence-electron chi connectivity index (χ1n) is 31.8. The fourth-order valence-electron chi connectivity index (χ4n) is 10.6. The van der Waals surface area contributed by atoms with E-state index in [9.17, 15) is 67.9 Å². The predicted molar refractivity (Wildman–Crippen MR) is 401 cm³/mol. The second-order valence-corrected chi connectivity index (χ2v) is 24.2. The molecule has 6 N–H and O–H groups in total. The standard InChI is InChI=1S/C26H16F3N3O.C20H11ClF2N2O.C14H7ClF2N2O.C9H8F2O.C6H5ClN2O.C5H5FN2/c27-17-9-11-18(12-10-17)31-24-14-23-16(15-30-24)13-20(25-21(28)7-4-8-22(25)29)26(33)32(23)19-5-2-1-3-6-19;21-18-10-17-12(11-24-18)9-14(19-15(22)7-4-8-16(19)23)20(26)25(17)13-5-2-1-3-6-13;15-12-5-11-7(6-18-12)4-8(14(20)19-11)13-9(16)2-1-3-10(13)17;1-6(12)5-7-8(10)3-2-4-9(7)11;7-6-1-5(8)4(3-10)2-9-6;6-4-1-2-5(7)8-3-4/h1-15H,(H,30,31);1-11H;1-6H,(H,19,20);2-4H,5H2,1H3;1-3H,(H2,8,9);1-3H,(H2,7,8). The number of nitrogens with two attached hydrogens (primary N) is 2. The maximum Gasteiger partial charge on any atom is 0.263 e. The van der Waals surface area contributed by atoms with Crippen LogP contribution in [0.5, 0.6) is 0 Å². The second kappa shape index (κ2) is 35.7. The Labute approximate surface area is 625 Å². The van der Waals surface area contributed by atoms with Crippen molar-refractivity contribution in [1.82, 2.24) is 39.0 Å². The van der Waals surface area contributed by atoms with Crippen molar-refractivity contribution < 1.29 is 53.5 Å². The van der Waals surface area contributed by atoms with Crippen molar-refractivity contribution in [1.29, 1.82) is 0 Å². The van der Waals surface area contributed by atoms with Crippen LogP contribution in [0.3, 0.4) is 0 Å². The maximum absolute atomic E-state index is 14.5. The third-order valence-corrected chi connectivity index (χ3v) is 16.2. The molecule has 109 heavy (non-hydrogen) atoms. The summed E-state index contributed by atoms with van der Waals surface area (Å²) in [7, 11) is 0. The predicted octanol–water partition coefficient (Wildman–Crippen LogP) is 18.7. The Morgan fingerprint density at radius 1 is 0.450 bits per heavy atom. The van der Waals surface area contributed by atoms with Gasteiger partial charge in [0.1, 0.15) is 91.1 Å². The molecule has 0 atom stereocenters. The van der Waals surface area contributed by atoms with E-state index >= 15 is 0 Å². The Balaban J connectivity index is 0.000000149. The molecule has 0 aliphatic rings. The minimum Gasteiger partial charge on any atom is -0.398 e. The number of hydrogen-bond donors (Lipinski definition) is 4. The number of carbonyl (C=O) groups excluding carboxylic acids is 2. The average Bonchev–Trinajstić information content (AvgIpc) is 0.760. The van der Waals surface area contributed by atoms with Crippen LogP contribution in [-0.4, -0.2) is 51.1 Å². The van der Waals surface area contributed by atoms with Gasteiger partial charge in [-0.05, 0) is 146 Å². The number of nitrogen functional groups attached to an aromatic ring is 2. The van der Waals surface area contributed by atoms with E-state index in [2.05, 4.69) is 35.2 Å². The van der Waals surface area contributed by atoms with Crippen LogP contribution in [0.2, 0.25) is 15.5 Å². The van der Waals surface area contributed by atoms with Crippen molar-refractivity contribution in [2.45, 2.75) is 13.3 Å². The highest BCUT2D eigenvalue weighted by Gasteiger charge is 2.22. The number of hydrogen-bond acceptors (Lipinski definition) is 13. The van der Waals surface area contributed by atoms with Gasteiger partial charge in [-0.3, -0.25) is 33.1 Å². The molecule has 0 radical (unpaired) electrons. The Kier molecular flexibility index (Phi) is 25.7. The van der Waals surface area contributed by atoms with Gasteiger partial charge in [-0.15, -0.1) is 0 Å². The van der Waals surface area contributed by atoms with Crippen molar-refractivity contribution in [3.05, 3.63) is 359 Å². The number of aldehydes is 1. The molecule has 15 rings (SSSR count). The summed E-state index contributed by atoms with van der Waals surface area (Å²) in [6.45, 7) is 1.30. The van der Waals surface area contributed by atoms with Gasteiger partial charge in [-0.25, -0.2) is 68.8 Å². The zero-order valence-electron chi connectivity index (χ0n) is 56.1. The third kappa shape index (κ3) is 19.5. The Bertz CT molecular complexity index is 5950. The SMILES string of the molecule is CC(=O)Cc1c(F)cccc1F.Nc1cc(Cl)ncc1C=O.Nc1ccc(F)cn1.O=c1[nH]c2cc(Cl)ncc2cc1-c1c(F)cccc1F.O=c1c(-c2c(F)cccc2F)cc2cnc(Cl)cc2n1-c1ccccc1.O=c1c(-c2c(F)cccc2F)cc2cnc(Nc3ccc(F)cc3)cc2n1-c1ccccc1. The number of carbonyl (C=O) groups is 2. The Morgan fingerprint density at radius 3 is 1.33 bits per heavy atom. The number of nitrogens with zero attached hydrogens (tertiary/aromatic N) is 7. The second-order valence-electron chi connectivity index (χ2n) is 23.0. The molecule has 8 heterocycles. The van der Waals surface area contributed by atoms with E-state index in [-0.39, 0.29) is 73.1 Å². The summed E-state index contributed by atoms with van der Waals surface area (Å²) in [5.74, 6) is -6.39. The quantitative estimate of drug-likeness (QED) is 0.0567. The Morgan fingerprint density at radius 2 is 0.872 bits per heavy atom. The van der Waals surface area contributed by atoms with Crippen LogP contribution in [0.1, 0.15) is 22.8 Å². The summed E-state index contributed by atoms with van der Waals surface area (Å²) < 4.78 is 139. The van der Waals surface area contributed by atoms with Gasteiger partial charge in [0.2, 0.25) is 0 Å². The van der Waals surface area contributed by atoms with Gasteiger partial charge in [0, 0.05) is 87.8 Å². The molecule has 7 aromatic carbocycles. The van der Waals surface area contributed by atoms with Crippen LogP contribution < -0.4 is 33.5 Å². The monoisotopic (exact) mass is 1540 g/mol. The number of anilines is 4. The van der Waals surface area contributed by atoms with E-state index in [0.717, 1.165) is 54.7 Å². The number of fused-ring (bicyclic) bond motifs is 3. The van der Waals surface area contributed by atoms with Crippen LogP contribution in [0.25, 0.3) is 77.5 Å². The molecule has 0 aliphatic carbocycles. The molecule has 0 spiro atoms. The molecule has 16 nitrogen and oxygen atoms in total. The number of Topliss-reactive ketones (excluding diaryl/α,β-unsaturated/α-hetero) is 1. The van der Waals surface area contributed by atoms with Crippen molar-refractivity contribution in [3.8, 4) is 44.8 Å². The molecular formula is C80H52Cl3F10N11O5. The largest absolute Gasteiger partial charge is 0.398 e. The molecule has 15 aromatic rings. The summed E-state index contributed by atoms with van der Waals surface area (Å²) in [5.41, 5.74) is 11.2. The molecule has 8 aromatic heterocycles. The number of ketones is 1. The normalized spacial score (nSPS) is 10.6. The first kappa shape index (κ1) is 78.4. The number of halogens is 13. The highest BCUT2D eigenvalue weighted by Crippen LogP contribution is 2.32. The maximum atomic E-state index is 14.5. The molecule has 0 amide bonds. The first-order chi connectivity index (χ1) is 52.3. The molecule has 0 fully saturated rings. The van der Waals surface area contributed by atoms with E-state index in [4.69, 9.17) is 46.3 Å². The minimum absolute atomic E-state index is 0.0823. The van der Waals surface area contributed by atoms with Gasteiger partial charge >= 0.3 is 0 Å². The number of para-hydroxylation sites is 2. The summed E-state index contributed by atoms with van der Waals surface area (Å²) in [5, 5.41) is 5.39. The van der Waals surface area contributed by atoms with Gasteiger partial charge in [0.05, 0.1) is 61.7 Å². The summed E-state index contributed by atoms with van der Waals surface area (Å²) >= 11 is 17.2. The third-order valence-electron chi connectivity index (χ3n) is 15.6. The zero-order chi connectivity index (χ0) is 78.2. The van der Waals surface area contributed by atoms with Crippen LogP contribution >= 0.6 is 34.8 Å². The molecule has 0 saturated heterocycles. The minimum atomic E-state index is -0.825. The lowest BCUT2D eigenvalue weighted by Gasteiger charge is -2.15. The van der Waals surface area contributed by atoms with E-state index in [1.807, 2.05) is 6.07 Å². The van der Waals surface area contributed by atoms with Gasteiger partial charge in [0.25, 0.3) is 16.7 Å². The molecular weight excluding hydrogens is 1490 g/mol. The number of rotatable bonds is 10. The highest BCUT2D eigenvalue weighted by atomic mass is 35.5. The number of nitrogens with one attached hydrogen (secondary N) is 2. The van der Waals surface area contributed by atoms with Gasteiger partial charge < -0.3 is 21.8 Å². The van der Waals surface area contributed by atoms with Gasteiger partial charge in [-0.1, -0.05) is 95.5 Å². The lowest BCUT2D eigenvalue weighted by atomic mass is 10.0. The molecule has 29 heteroatoms. The van der Waals surface area contributed by atoms with Crippen molar-refractivity contribution in [2.24, 2.45) is 0 Å². The van der Waals surface area contributed by atoms with Crippen LogP contribution in [-0.2, 0) is 11.2 Å². The lowest BCUT2D eigenvalue weighted by Crippen LogP contribution is -2.21.